The fraction of sp³-hybridized carbons (Fsp3) is 0.533. The Morgan fingerprint density at radius 1 is 1.45 bits per heavy atom. The molecule has 1 fully saturated rings. The van der Waals surface area contributed by atoms with Gasteiger partial charge in [0.05, 0.1) is 3.57 Å². The number of hydrogen-bond acceptors (Lipinski definition) is 3. The summed E-state index contributed by atoms with van der Waals surface area (Å²) in [5.74, 6) is 0.0422. The molecular weight excluding hydrogens is 367 g/mol. The van der Waals surface area contributed by atoms with Crippen molar-refractivity contribution in [2.24, 2.45) is 5.41 Å². The van der Waals surface area contributed by atoms with E-state index in [4.69, 9.17) is 0 Å². The van der Waals surface area contributed by atoms with Crippen molar-refractivity contribution in [3.8, 4) is 5.75 Å². The molecular formula is C15H21IN2O2. The van der Waals surface area contributed by atoms with Crippen LogP contribution in [0.2, 0.25) is 0 Å². The lowest BCUT2D eigenvalue weighted by atomic mass is 9.80. The first-order valence-electron chi connectivity index (χ1n) is 6.85. The zero-order chi connectivity index (χ0) is 14.8. The number of amides is 1. The molecule has 0 spiro atoms. The summed E-state index contributed by atoms with van der Waals surface area (Å²) in [5, 5.41) is 12.7. The number of rotatable bonds is 3. The number of piperidine rings is 1. The number of benzene rings is 1. The lowest BCUT2D eigenvalue weighted by Gasteiger charge is -2.37. The normalized spacial score (nSPS) is 18.8. The molecule has 0 radical (unpaired) electrons. The SMILES string of the molecule is CN1CCC(C)(CNC(=O)c2ccc(I)c(O)c2)CC1. The average molecular weight is 388 g/mol. The molecule has 110 valence electrons. The van der Waals surface area contributed by atoms with E-state index in [2.05, 4.69) is 24.2 Å². The Kier molecular flexibility index (Phi) is 4.90. The van der Waals surface area contributed by atoms with E-state index in [1.807, 2.05) is 22.6 Å². The molecule has 0 aliphatic carbocycles. The molecule has 0 bridgehead atoms. The summed E-state index contributed by atoms with van der Waals surface area (Å²) >= 11 is 2.04. The number of aromatic hydroxyl groups is 1. The molecule has 1 saturated heterocycles. The number of phenols is 1. The van der Waals surface area contributed by atoms with Gasteiger partial charge in [0.2, 0.25) is 0 Å². The van der Waals surface area contributed by atoms with Gasteiger partial charge in [-0.25, -0.2) is 0 Å². The number of carbonyl (C=O) groups excluding carboxylic acids is 1. The maximum atomic E-state index is 12.1. The molecule has 1 amide bonds. The summed E-state index contributed by atoms with van der Waals surface area (Å²) in [6.45, 7) is 5.07. The second kappa shape index (κ2) is 6.30. The van der Waals surface area contributed by atoms with Crippen molar-refractivity contribution >= 4 is 28.5 Å². The molecule has 1 aliphatic rings. The number of halogens is 1. The van der Waals surface area contributed by atoms with E-state index in [0.29, 0.717) is 12.1 Å². The van der Waals surface area contributed by atoms with E-state index in [0.717, 1.165) is 29.5 Å². The van der Waals surface area contributed by atoms with E-state index in [-0.39, 0.29) is 17.1 Å². The summed E-state index contributed by atoms with van der Waals surface area (Å²) in [4.78, 5) is 14.4. The maximum Gasteiger partial charge on any atom is 0.251 e. The van der Waals surface area contributed by atoms with Gasteiger partial charge in [0.25, 0.3) is 5.91 Å². The third-order valence-electron chi connectivity index (χ3n) is 4.08. The quantitative estimate of drug-likeness (QED) is 0.783. The lowest BCUT2D eigenvalue weighted by molar-refractivity contribution is 0.0891. The molecule has 0 atom stereocenters. The monoisotopic (exact) mass is 388 g/mol. The predicted octanol–water partition coefficient (Wildman–Crippen LogP) is 2.46. The Labute approximate surface area is 133 Å². The van der Waals surface area contributed by atoms with Gasteiger partial charge in [-0.3, -0.25) is 4.79 Å². The number of phenolic OH excluding ortho intramolecular Hbond substituents is 1. The van der Waals surface area contributed by atoms with E-state index >= 15 is 0 Å². The van der Waals surface area contributed by atoms with E-state index in [9.17, 15) is 9.90 Å². The minimum Gasteiger partial charge on any atom is -0.507 e. The molecule has 0 unspecified atom stereocenters. The molecule has 0 saturated carbocycles. The van der Waals surface area contributed by atoms with Crippen molar-refractivity contribution < 1.29 is 9.90 Å². The van der Waals surface area contributed by atoms with E-state index in [1.165, 1.54) is 6.07 Å². The molecule has 2 N–H and O–H groups in total. The van der Waals surface area contributed by atoms with Crippen LogP contribution < -0.4 is 5.32 Å². The molecule has 4 nitrogen and oxygen atoms in total. The van der Waals surface area contributed by atoms with Crippen LogP contribution in [0.25, 0.3) is 0 Å². The first-order chi connectivity index (χ1) is 9.39. The van der Waals surface area contributed by atoms with Gasteiger partial charge in [-0.2, -0.15) is 0 Å². The number of hydrogen-bond donors (Lipinski definition) is 2. The van der Waals surface area contributed by atoms with Crippen molar-refractivity contribution in [1.82, 2.24) is 10.2 Å². The van der Waals surface area contributed by atoms with E-state index in [1.54, 1.807) is 12.1 Å². The molecule has 5 heteroatoms. The Balaban J connectivity index is 1.93. The summed E-state index contributed by atoms with van der Waals surface area (Å²) in [7, 11) is 2.13. The summed E-state index contributed by atoms with van der Waals surface area (Å²) in [6.07, 6.45) is 2.20. The Bertz CT molecular complexity index is 497. The number of carbonyl (C=O) groups is 1. The summed E-state index contributed by atoms with van der Waals surface area (Å²) < 4.78 is 0.751. The van der Waals surface area contributed by atoms with Crippen LogP contribution in [0.3, 0.4) is 0 Å². The van der Waals surface area contributed by atoms with Crippen molar-refractivity contribution in [2.75, 3.05) is 26.7 Å². The maximum absolute atomic E-state index is 12.1. The van der Waals surface area contributed by atoms with Gasteiger partial charge in [0, 0.05) is 12.1 Å². The smallest absolute Gasteiger partial charge is 0.251 e. The van der Waals surface area contributed by atoms with Crippen molar-refractivity contribution in [1.29, 1.82) is 0 Å². The largest absolute Gasteiger partial charge is 0.507 e. The summed E-state index contributed by atoms with van der Waals surface area (Å²) in [6, 6.07) is 5.02. The molecule has 1 aromatic rings. The zero-order valence-corrected chi connectivity index (χ0v) is 14.1. The van der Waals surface area contributed by atoms with Gasteiger partial charge >= 0.3 is 0 Å². The highest BCUT2D eigenvalue weighted by Gasteiger charge is 2.29. The molecule has 1 aromatic carbocycles. The van der Waals surface area contributed by atoms with Crippen molar-refractivity contribution in [3.05, 3.63) is 27.3 Å². The molecule has 1 heterocycles. The highest BCUT2D eigenvalue weighted by molar-refractivity contribution is 14.1. The third kappa shape index (κ3) is 3.85. The van der Waals surface area contributed by atoms with Crippen LogP contribution in [-0.4, -0.2) is 42.6 Å². The number of likely N-dealkylation sites (tertiary alicyclic amines) is 1. The van der Waals surface area contributed by atoms with E-state index < -0.39 is 0 Å². The fourth-order valence-corrected chi connectivity index (χ4v) is 2.72. The minimum atomic E-state index is -0.114. The van der Waals surface area contributed by atoms with Crippen LogP contribution in [0.15, 0.2) is 18.2 Å². The van der Waals surface area contributed by atoms with Crippen molar-refractivity contribution in [3.63, 3.8) is 0 Å². The Morgan fingerprint density at radius 3 is 2.70 bits per heavy atom. The highest BCUT2D eigenvalue weighted by atomic mass is 127. The molecule has 0 aromatic heterocycles. The molecule has 1 aliphatic heterocycles. The average Bonchev–Trinajstić information content (AvgIpc) is 2.43. The van der Waals surface area contributed by atoms with Gasteiger partial charge in [0.15, 0.2) is 0 Å². The lowest BCUT2D eigenvalue weighted by Crippen LogP contribution is -2.43. The Hall–Kier alpha value is -0.820. The van der Waals surface area contributed by atoms with Gasteiger partial charge in [0.1, 0.15) is 5.75 Å². The summed E-state index contributed by atoms with van der Waals surface area (Å²) in [5.41, 5.74) is 0.687. The van der Waals surface area contributed by atoms with Gasteiger partial charge < -0.3 is 15.3 Å². The van der Waals surface area contributed by atoms with Crippen LogP contribution >= 0.6 is 22.6 Å². The van der Waals surface area contributed by atoms with Gasteiger partial charge in [-0.1, -0.05) is 6.92 Å². The van der Waals surface area contributed by atoms with Crippen LogP contribution in [0, 0.1) is 8.99 Å². The van der Waals surface area contributed by atoms with Gasteiger partial charge in [-0.05, 0) is 79.2 Å². The predicted molar refractivity (Wildman–Crippen MR) is 88.0 cm³/mol. The first-order valence-corrected chi connectivity index (χ1v) is 7.93. The third-order valence-corrected chi connectivity index (χ3v) is 4.99. The second-order valence-corrected chi connectivity index (χ2v) is 7.12. The minimum absolute atomic E-state index is 0.114. The van der Waals surface area contributed by atoms with Crippen LogP contribution in [-0.2, 0) is 0 Å². The van der Waals surface area contributed by atoms with Crippen molar-refractivity contribution in [2.45, 2.75) is 19.8 Å². The number of nitrogens with one attached hydrogen (secondary N) is 1. The fourth-order valence-electron chi connectivity index (χ4n) is 2.38. The molecule has 2 rings (SSSR count). The number of nitrogens with zero attached hydrogens (tertiary/aromatic N) is 1. The zero-order valence-electron chi connectivity index (χ0n) is 11.9. The van der Waals surface area contributed by atoms with Crippen LogP contribution in [0.4, 0.5) is 0 Å². The highest BCUT2D eigenvalue weighted by Crippen LogP contribution is 2.29. The van der Waals surface area contributed by atoms with Gasteiger partial charge in [-0.15, -0.1) is 0 Å². The van der Waals surface area contributed by atoms with Crippen LogP contribution in [0.5, 0.6) is 5.75 Å². The molecule has 20 heavy (non-hydrogen) atoms. The topological polar surface area (TPSA) is 52.6 Å². The standard InChI is InChI=1S/C15H21IN2O2/c1-15(5-7-18(2)8-6-15)10-17-14(20)11-3-4-12(16)13(19)9-11/h3-4,9,19H,5-8,10H2,1-2H3,(H,17,20). The first kappa shape index (κ1) is 15.6. The second-order valence-electron chi connectivity index (χ2n) is 5.96. The van der Waals surface area contributed by atoms with Crippen LogP contribution in [0.1, 0.15) is 30.1 Å². The Morgan fingerprint density at radius 2 is 2.10 bits per heavy atom.